The van der Waals surface area contributed by atoms with Crippen molar-refractivity contribution in [2.45, 2.75) is 76.1 Å². The van der Waals surface area contributed by atoms with Gasteiger partial charge in [-0.05, 0) is 44.6 Å². The molecule has 1 aromatic carbocycles. The fourth-order valence-corrected chi connectivity index (χ4v) is 4.55. The molecule has 2 aliphatic rings. The van der Waals surface area contributed by atoms with Crippen LogP contribution in [0.1, 0.15) is 57.9 Å². The molecule has 1 amide bonds. The number of carbonyl (C=O) groups excluding carboxylic acids is 1. The number of unbranched alkanes of at least 4 members (excludes halogenated alkanes) is 1. The van der Waals surface area contributed by atoms with Gasteiger partial charge in [-0.25, -0.2) is 0 Å². The minimum Gasteiger partial charge on any atom is -0.385 e. The monoisotopic (exact) mass is 330 g/mol. The molecule has 0 radical (unpaired) electrons. The first-order valence-corrected chi connectivity index (χ1v) is 9.38. The van der Waals surface area contributed by atoms with Crippen molar-refractivity contribution in [3.05, 3.63) is 35.9 Å². The highest BCUT2D eigenvalue weighted by Crippen LogP contribution is 2.46. The van der Waals surface area contributed by atoms with Gasteiger partial charge in [0.25, 0.3) is 0 Å². The fourth-order valence-electron chi connectivity index (χ4n) is 4.55. The van der Waals surface area contributed by atoms with Gasteiger partial charge >= 0.3 is 0 Å². The molecule has 0 aliphatic carbocycles. The predicted molar refractivity (Wildman–Crippen MR) is 95.6 cm³/mol. The van der Waals surface area contributed by atoms with Crippen LogP contribution in [0.15, 0.2) is 30.3 Å². The van der Waals surface area contributed by atoms with Crippen LogP contribution in [0.25, 0.3) is 0 Å². The number of fused-ring (bicyclic) bond motifs is 2. The minimum atomic E-state index is -0.748. The Labute approximate surface area is 145 Å². The third kappa shape index (κ3) is 3.35. The summed E-state index contributed by atoms with van der Waals surface area (Å²) in [7, 11) is 0. The summed E-state index contributed by atoms with van der Waals surface area (Å²) < 4.78 is 0. The van der Waals surface area contributed by atoms with E-state index in [1.165, 1.54) is 0 Å². The molecule has 4 heteroatoms. The molecule has 24 heavy (non-hydrogen) atoms. The molecule has 0 aromatic heterocycles. The third-order valence-corrected chi connectivity index (χ3v) is 5.79. The SMILES string of the molecule is CCCCNC(=O)C(C)N1C2CCC1CC(O)(c1ccccc1)C2. The fraction of sp³-hybridized carbons (Fsp3) is 0.650. The highest BCUT2D eigenvalue weighted by molar-refractivity contribution is 5.81. The third-order valence-electron chi connectivity index (χ3n) is 5.79. The predicted octanol–water partition coefficient (Wildman–Crippen LogP) is 2.81. The van der Waals surface area contributed by atoms with E-state index in [1.807, 2.05) is 37.3 Å². The summed E-state index contributed by atoms with van der Waals surface area (Å²) in [6.45, 7) is 4.90. The summed E-state index contributed by atoms with van der Waals surface area (Å²) in [5, 5.41) is 14.3. The van der Waals surface area contributed by atoms with Gasteiger partial charge < -0.3 is 10.4 Å². The number of hydrogen-bond acceptors (Lipinski definition) is 3. The molecule has 2 fully saturated rings. The maximum atomic E-state index is 12.5. The van der Waals surface area contributed by atoms with Crippen LogP contribution in [0.2, 0.25) is 0 Å². The molecule has 4 nitrogen and oxygen atoms in total. The summed E-state index contributed by atoms with van der Waals surface area (Å²) in [6, 6.07) is 10.5. The zero-order valence-corrected chi connectivity index (χ0v) is 14.9. The van der Waals surface area contributed by atoms with Crippen molar-refractivity contribution in [1.82, 2.24) is 10.2 Å². The minimum absolute atomic E-state index is 0.111. The van der Waals surface area contributed by atoms with E-state index < -0.39 is 5.60 Å². The molecular weight excluding hydrogens is 300 g/mol. The Kier molecular flexibility index (Phi) is 5.26. The Balaban J connectivity index is 1.68. The first-order chi connectivity index (χ1) is 11.5. The second-order valence-electron chi connectivity index (χ2n) is 7.46. The summed E-state index contributed by atoms with van der Waals surface area (Å²) >= 11 is 0. The van der Waals surface area contributed by atoms with E-state index in [-0.39, 0.29) is 11.9 Å². The lowest BCUT2D eigenvalue weighted by atomic mass is 9.80. The van der Waals surface area contributed by atoms with Crippen molar-refractivity contribution in [3.63, 3.8) is 0 Å². The van der Waals surface area contributed by atoms with E-state index in [0.717, 1.165) is 50.6 Å². The van der Waals surface area contributed by atoms with Crippen LogP contribution in [0.5, 0.6) is 0 Å². The molecular formula is C20H30N2O2. The van der Waals surface area contributed by atoms with Crippen molar-refractivity contribution in [2.24, 2.45) is 0 Å². The second-order valence-corrected chi connectivity index (χ2v) is 7.46. The number of aliphatic hydroxyl groups is 1. The standard InChI is InChI=1S/C20H30N2O2/c1-3-4-12-21-19(23)15(2)22-17-10-11-18(22)14-20(24,13-17)16-8-6-5-7-9-16/h5-9,15,17-18,24H,3-4,10-14H2,1-2H3,(H,21,23). The van der Waals surface area contributed by atoms with E-state index in [4.69, 9.17) is 0 Å². The molecule has 2 heterocycles. The molecule has 0 spiro atoms. The van der Waals surface area contributed by atoms with Crippen molar-refractivity contribution in [1.29, 1.82) is 0 Å². The Hall–Kier alpha value is -1.39. The first kappa shape index (κ1) is 17.4. The lowest BCUT2D eigenvalue weighted by molar-refractivity contribution is -0.131. The van der Waals surface area contributed by atoms with Gasteiger partial charge in [-0.2, -0.15) is 0 Å². The summed E-state index contributed by atoms with van der Waals surface area (Å²) in [5.41, 5.74) is 0.267. The molecule has 3 unspecified atom stereocenters. The Morgan fingerprint density at radius 3 is 2.50 bits per heavy atom. The van der Waals surface area contributed by atoms with E-state index in [9.17, 15) is 9.90 Å². The smallest absolute Gasteiger partial charge is 0.237 e. The van der Waals surface area contributed by atoms with Gasteiger partial charge in [-0.15, -0.1) is 0 Å². The first-order valence-electron chi connectivity index (χ1n) is 9.38. The van der Waals surface area contributed by atoms with E-state index >= 15 is 0 Å². The number of amides is 1. The van der Waals surface area contributed by atoms with Crippen molar-refractivity contribution in [3.8, 4) is 0 Å². The molecule has 3 atom stereocenters. The molecule has 2 N–H and O–H groups in total. The number of carbonyl (C=O) groups is 1. The average molecular weight is 330 g/mol. The largest absolute Gasteiger partial charge is 0.385 e. The van der Waals surface area contributed by atoms with Crippen LogP contribution < -0.4 is 5.32 Å². The molecule has 2 aliphatic heterocycles. The number of nitrogens with zero attached hydrogens (tertiary/aromatic N) is 1. The lowest BCUT2D eigenvalue weighted by Gasteiger charge is -2.46. The van der Waals surface area contributed by atoms with Gasteiger partial charge in [0.05, 0.1) is 11.6 Å². The highest BCUT2D eigenvalue weighted by Gasteiger charge is 2.50. The van der Waals surface area contributed by atoms with Gasteiger partial charge in [-0.1, -0.05) is 43.7 Å². The van der Waals surface area contributed by atoms with E-state index in [2.05, 4.69) is 17.1 Å². The number of nitrogens with one attached hydrogen (secondary N) is 1. The van der Waals surface area contributed by atoms with Gasteiger partial charge in [0.15, 0.2) is 0 Å². The van der Waals surface area contributed by atoms with Crippen molar-refractivity contribution < 1.29 is 9.90 Å². The summed E-state index contributed by atoms with van der Waals surface area (Å²) in [6.07, 6.45) is 5.71. The normalized spacial score (nSPS) is 31.0. The quantitative estimate of drug-likeness (QED) is 0.789. The van der Waals surface area contributed by atoms with Gasteiger partial charge in [0.1, 0.15) is 0 Å². The highest BCUT2D eigenvalue weighted by atomic mass is 16.3. The average Bonchev–Trinajstić information content (AvgIpc) is 2.87. The summed E-state index contributed by atoms with van der Waals surface area (Å²) in [4.78, 5) is 14.8. The second kappa shape index (κ2) is 7.24. The lowest BCUT2D eigenvalue weighted by Crippen LogP contribution is -2.56. The molecule has 2 saturated heterocycles. The van der Waals surface area contributed by atoms with Crippen molar-refractivity contribution in [2.75, 3.05) is 6.54 Å². The Morgan fingerprint density at radius 2 is 1.92 bits per heavy atom. The van der Waals surface area contributed by atoms with Gasteiger partial charge in [0.2, 0.25) is 5.91 Å². The summed E-state index contributed by atoms with van der Waals surface area (Å²) in [5.74, 6) is 0.130. The molecule has 1 aromatic rings. The molecule has 132 valence electrons. The number of rotatable bonds is 6. The topological polar surface area (TPSA) is 52.6 Å². The van der Waals surface area contributed by atoms with Crippen LogP contribution >= 0.6 is 0 Å². The van der Waals surface area contributed by atoms with Crippen LogP contribution in [0, 0.1) is 0 Å². The number of piperidine rings is 1. The molecule has 3 rings (SSSR count). The maximum Gasteiger partial charge on any atom is 0.237 e. The maximum absolute atomic E-state index is 12.5. The Bertz CT molecular complexity index is 546. The van der Waals surface area contributed by atoms with Gasteiger partial charge in [0, 0.05) is 18.6 Å². The Morgan fingerprint density at radius 1 is 1.29 bits per heavy atom. The number of benzene rings is 1. The zero-order valence-electron chi connectivity index (χ0n) is 14.9. The van der Waals surface area contributed by atoms with Crippen molar-refractivity contribution >= 4 is 5.91 Å². The van der Waals surface area contributed by atoms with E-state index in [1.54, 1.807) is 0 Å². The van der Waals surface area contributed by atoms with Crippen LogP contribution in [0.3, 0.4) is 0 Å². The van der Waals surface area contributed by atoms with Gasteiger partial charge in [-0.3, -0.25) is 9.69 Å². The van der Waals surface area contributed by atoms with Crippen LogP contribution in [-0.4, -0.2) is 40.6 Å². The van der Waals surface area contributed by atoms with Crippen LogP contribution in [0.4, 0.5) is 0 Å². The molecule has 2 bridgehead atoms. The zero-order chi connectivity index (χ0) is 17.2. The van der Waals surface area contributed by atoms with E-state index in [0.29, 0.717) is 12.1 Å². The van der Waals surface area contributed by atoms with Crippen LogP contribution in [-0.2, 0) is 10.4 Å². The number of hydrogen-bond donors (Lipinski definition) is 2. The molecule has 0 saturated carbocycles.